The van der Waals surface area contributed by atoms with E-state index >= 15 is 0 Å². The van der Waals surface area contributed by atoms with Gasteiger partial charge in [-0.3, -0.25) is 4.79 Å². The van der Waals surface area contributed by atoms with Gasteiger partial charge >= 0.3 is 0 Å². The second kappa shape index (κ2) is 4.81. The summed E-state index contributed by atoms with van der Waals surface area (Å²) >= 11 is 0. The van der Waals surface area contributed by atoms with E-state index < -0.39 is 5.41 Å². The fraction of sp³-hybridized carbons (Fsp3) is 0.467. The predicted octanol–water partition coefficient (Wildman–Crippen LogP) is 2.87. The Morgan fingerprint density at radius 1 is 1.39 bits per heavy atom. The van der Waals surface area contributed by atoms with Gasteiger partial charge in [-0.05, 0) is 38.7 Å². The van der Waals surface area contributed by atoms with E-state index in [1.165, 1.54) is 5.56 Å². The summed E-state index contributed by atoms with van der Waals surface area (Å²) in [7, 11) is 0. The Hall–Kier alpha value is -1.82. The molecule has 0 aliphatic heterocycles. The van der Waals surface area contributed by atoms with Crippen LogP contribution >= 0.6 is 0 Å². The molecular formula is C15H18N2O. The summed E-state index contributed by atoms with van der Waals surface area (Å²) in [5, 5.41) is 12.1. The van der Waals surface area contributed by atoms with Crippen molar-refractivity contribution in [3.63, 3.8) is 0 Å². The maximum atomic E-state index is 12.1. The van der Waals surface area contributed by atoms with Crippen LogP contribution in [0.25, 0.3) is 0 Å². The smallest absolute Gasteiger partial charge is 0.240 e. The van der Waals surface area contributed by atoms with Crippen LogP contribution in [-0.4, -0.2) is 5.91 Å². The first-order valence-electron chi connectivity index (χ1n) is 6.36. The van der Waals surface area contributed by atoms with E-state index in [-0.39, 0.29) is 11.9 Å². The van der Waals surface area contributed by atoms with Gasteiger partial charge in [0.2, 0.25) is 5.91 Å². The van der Waals surface area contributed by atoms with Gasteiger partial charge < -0.3 is 5.32 Å². The van der Waals surface area contributed by atoms with Gasteiger partial charge in [0, 0.05) is 0 Å². The van der Waals surface area contributed by atoms with Gasteiger partial charge in [-0.2, -0.15) is 5.26 Å². The number of rotatable bonds is 3. The van der Waals surface area contributed by atoms with Crippen molar-refractivity contribution < 1.29 is 4.79 Å². The molecule has 0 saturated heterocycles. The third-order valence-electron chi connectivity index (χ3n) is 3.78. The van der Waals surface area contributed by atoms with Gasteiger partial charge in [-0.15, -0.1) is 0 Å². The summed E-state index contributed by atoms with van der Waals surface area (Å²) in [6.07, 6.45) is 2.35. The Morgan fingerprint density at radius 2 is 2.00 bits per heavy atom. The van der Waals surface area contributed by atoms with Crippen LogP contribution in [0.1, 0.15) is 43.4 Å². The molecule has 1 fully saturated rings. The lowest BCUT2D eigenvalue weighted by molar-refractivity contribution is -0.132. The third-order valence-corrected chi connectivity index (χ3v) is 3.78. The Balaban J connectivity index is 2.03. The molecule has 1 aromatic carbocycles. The van der Waals surface area contributed by atoms with E-state index in [0.717, 1.165) is 12.0 Å². The number of hydrogen-bond donors (Lipinski definition) is 1. The number of carbonyl (C=O) groups is 1. The molecule has 1 atom stereocenters. The molecule has 0 radical (unpaired) electrons. The van der Waals surface area contributed by atoms with Gasteiger partial charge in [0.05, 0.1) is 12.1 Å². The molecule has 3 heteroatoms. The normalized spacial score (nSPS) is 18.3. The number of hydrogen-bond acceptors (Lipinski definition) is 2. The first kappa shape index (κ1) is 12.6. The number of nitrogens with one attached hydrogen (secondary N) is 1. The second-order valence-electron chi connectivity index (χ2n) is 5.15. The van der Waals surface area contributed by atoms with Gasteiger partial charge in [-0.1, -0.05) is 29.8 Å². The van der Waals surface area contributed by atoms with E-state index in [1.54, 1.807) is 0 Å². The minimum Gasteiger partial charge on any atom is -0.348 e. The average molecular weight is 242 g/mol. The van der Waals surface area contributed by atoms with Crippen LogP contribution < -0.4 is 5.32 Å². The number of nitriles is 1. The van der Waals surface area contributed by atoms with Gasteiger partial charge in [0.1, 0.15) is 5.41 Å². The summed E-state index contributed by atoms with van der Waals surface area (Å²) in [5.41, 5.74) is 1.50. The van der Waals surface area contributed by atoms with Crippen LogP contribution in [0.3, 0.4) is 0 Å². The quantitative estimate of drug-likeness (QED) is 0.886. The number of aryl methyl sites for hydroxylation is 1. The molecule has 1 aliphatic rings. The van der Waals surface area contributed by atoms with Crippen LogP contribution in [-0.2, 0) is 4.79 Å². The largest absolute Gasteiger partial charge is 0.348 e. The Kier molecular flexibility index (Phi) is 3.38. The van der Waals surface area contributed by atoms with Crippen molar-refractivity contribution in [1.29, 1.82) is 5.26 Å². The molecule has 0 spiro atoms. The SMILES string of the molecule is Cc1ccc(C(C)NC(=O)C2(C#N)CCC2)cc1. The average Bonchev–Trinajstić information content (AvgIpc) is 2.29. The zero-order chi connectivity index (χ0) is 13.2. The Morgan fingerprint density at radius 3 is 2.44 bits per heavy atom. The van der Waals surface area contributed by atoms with E-state index in [1.807, 2.05) is 38.1 Å². The molecule has 94 valence electrons. The highest BCUT2D eigenvalue weighted by atomic mass is 16.2. The summed E-state index contributed by atoms with van der Waals surface area (Å²) in [6.45, 7) is 3.98. The Bertz CT molecular complexity index is 480. The maximum Gasteiger partial charge on any atom is 0.240 e. The highest BCUT2D eigenvalue weighted by Gasteiger charge is 2.44. The van der Waals surface area contributed by atoms with E-state index in [9.17, 15) is 4.79 Å². The summed E-state index contributed by atoms with van der Waals surface area (Å²) < 4.78 is 0. The van der Waals surface area contributed by atoms with E-state index in [2.05, 4.69) is 11.4 Å². The fourth-order valence-corrected chi connectivity index (χ4v) is 2.19. The zero-order valence-corrected chi connectivity index (χ0v) is 10.9. The van der Waals surface area contributed by atoms with Crippen molar-refractivity contribution in [3.05, 3.63) is 35.4 Å². The fourth-order valence-electron chi connectivity index (χ4n) is 2.19. The van der Waals surface area contributed by atoms with E-state index in [0.29, 0.717) is 12.8 Å². The lowest BCUT2D eigenvalue weighted by Crippen LogP contribution is -2.45. The molecule has 1 aromatic rings. The van der Waals surface area contributed by atoms with Crippen molar-refractivity contribution >= 4 is 5.91 Å². The first-order valence-corrected chi connectivity index (χ1v) is 6.36. The highest BCUT2D eigenvalue weighted by molar-refractivity contribution is 5.86. The van der Waals surface area contributed by atoms with Gasteiger partial charge in [0.15, 0.2) is 0 Å². The van der Waals surface area contributed by atoms with Crippen molar-refractivity contribution in [2.75, 3.05) is 0 Å². The second-order valence-corrected chi connectivity index (χ2v) is 5.15. The van der Waals surface area contributed by atoms with Gasteiger partial charge in [0.25, 0.3) is 0 Å². The van der Waals surface area contributed by atoms with Crippen LogP contribution in [0, 0.1) is 23.7 Å². The molecule has 18 heavy (non-hydrogen) atoms. The number of carbonyl (C=O) groups excluding carboxylic acids is 1. The number of nitrogens with zero attached hydrogens (tertiary/aromatic N) is 1. The van der Waals surface area contributed by atoms with Gasteiger partial charge in [-0.25, -0.2) is 0 Å². The molecule has 0 aromatic heterocycles. The molecule has 1 aliphatic carbocycles. The molecule has 1 N–H and O–H groups in total. The maximum absolute atomic E-state index is 12.1. The van der Waals surface area contributed by atoms with Crippen molar-refractivity contribution in [1.82, 2.24) is 5.32 Å². The summed E-state index contributed by atoms with van der Waals surface area (Å²) in [6, 6.07) is 10.2. The minimum absolute atomic E-state index is 0.0519. The van der Waals surface area contributed by atoms with Crippen molar-refractivity contribution in [2.45, 2.75) is 39.2 Å². The minimum atomic E-state index is -0.765. The highest BCUT2D eigenvalue weighted by Crippen LogP contribution is 2.40. The molecule has 0 bridgehead atoms. The summed E-state index contributed by atoms with van der Waals surface area (Å²) in [5.74, 6) is -0.121. The van der Waals surface area contributed by atoms with Crippen LogP contribution in [0.4, 0.5) is 0 Å². The third kappa shape index (κ3) is 2.24. The molecule has 0 heterocycles. The Labute approximate surface area is 108 Å². The predicted molar refractivity (Wildman–Crippen MR) is 69.6 cm³/mol. The molecular weight excluding hydrogens is 224 g/mol. The van der Waals surface area contributed by atoms with E-state index in [4.69, 9.17) is 5.26 Å². The zero-order valence-electron chi connectivity index (χ0n) is 10.9. The van der Waals surface area contributed by atoms with Crippen LogP contribution in [0.2, 0.25) is 0 Å². The van der Waals surface area contributed by atoms with Crippen LogP contribution in [0.5, 0.6) is 0 Å². The lowest BCUT2D eigenvalue weighted by atomic mass is 9.69. The van der Waals surface area contributed by atoms with Crippen LogP contribution in [0.15, 0.2) is 24.3 Å². The number of benzene rings is 1. The number of amides is 1. The molecule has 1 saturated carbocycles. The molecule has 3 nitrogen and oxygen atoms in total. The first-order chi connectivity index (χ1) is 8.57. The molecule has 1 unspecified atom stereocenters. The standard InChI is InChI=1S/C15H18N2O/c1-11-4-6-13(7-5-11)12(2)17-14(18)15(10-16)8-3-9-15/h4-7,12H,3,8-9H2,1-2H3,(H,17,18). The monoisotopic (exact) mass is 242 g/mol. The molecule has 1 amide bonds. The van der Waals surface area contributed by atoms with Crippen molar-refractivity contribution in [2.24, 2.45) is 5.41 Å². The lowest BCUT2D eigenvalue weighted by Gasteiger charge is -2.34. The van der Waals surface area contributed by atoms with Crippen molar-refractivity contribution in [3.8, 4) is 6.07 Å². The topological polar surface area (TPSA) is 52.9 Å². The summed E-state index contributed by atoms with van der Waals surface area (Å²) in [4.78, 5) is 12.1. The molecule has 2 rings (SSSR count).